The van der Waals surface area contributed by atoms with Crippen LogP contribution < -0.4 is 10.1 Å². The summed E-state index contributed by atoms with van der Waals surface area (Å²) in [5.41, 5.74) is 1.01. The average Bonchev–Trinajstić information content (AvgIpc) is 2.73. The number of halogens is 1. The zero-order valence-electron chi connectivity index (χ0n) is 10.6. The molecule has 18 heavy (non-hydrogen) atoms. The van der Waals surface area contributed by atoms with Crippen molar-refractivity contribution >= 4 is 17.6 Å². The maximum Gasteiger partial charge on any atom is 0.318 e. The van der Waals surface area contributed by atoms with Gasteiger partial charge in [-0.05, 0) is 31.5 Å². The molecule has 1 fully saturated rings. The summed E-state index contributed by atoms with van der Waals surface area (Å²) >= 11 is 6.14. The highest BCUT2D eigenvalue weighted by Crippen LogP contribution is 2.29. The molecule has 4 nitrogen and oxygen atoms in total. The third-order valence-electron chi connectivity index (χ3n) is 3.03. The van der Waals surface area contributed by atoms with Crippen LogP contribution in [0.15, 0.2) is 18.2 Å². The molecule has 1 aromatic rings. The molecule has 1 aliphatic rings. The van der Waals surface area contributed by atoms with Gasteiger partial charge in [-0.25, -0.2) is 4.79 Å². The van der Waals surface area contributed by atoms with Crippen LogP contribution in [-0.2, 0) is 0 Å². The molecule has 2 rings (SSSR count). The topological polar surface area (TPSA) is 41.6 Å². The standard InChI is InChI=1S/C13H17ClN2O2/c1-3-16-8-11(15-13(16)17)9-5-6-12(18-4-2)10(14)7-9/h5-7,11H,3-4,8H2,1-2H3,(H,15,17). The van der Waals surface area contributed by atoms with Crippen LogP contribution in [0, 0.1) is 0 Å². The fraction of sp³-hybridized carbons (Fsp3) is 0.462. The van der Waals surface area contributed by atoms with Crippen LogP contribution in [-0.4, -0.2) is 30.6 Å². The number of nitrogens with one attached hydrogen (secondary N) is 1. The Kier molecular flexibility index (Phi) is 3.97. The van der Waals surface area contributed by atoms with E-state index in [9.17, 15) is 4.79 Å². The summed E-state index contributed by atoms with van der Waals surface area (Å²) in [6.45, 7) is 5.86. The first-order chi connectivity index (χ1) is 8.65. The average molecular weight is 269 g/mol. The number of ether oxygens (including phenoxy) is 1. The number of hydrogen-bond donors (Lipinski definition) is 1. The molecule has 1 aromatic carbocycles. The number of likely N-dealkylation sites (N-methyl/N-ethyl adjacent to an activating group) is 1. The van der Waals surface area contributed by atoms with E-state index in [1.54, 1.807) is 4.90 Å². The number of nitrogens with zero attached hydrogens (tertiary/aromatic N) is 1. The number of amides is 2. The molecule has 5 heteroatoms. The van der Waals surface area contributed by atoms with Gasteiger partial charge in [0.05, 0.1) is 17.7 Å². The molecule has 1 atom stereocenters. The first kappa shape index (κ1) is 13.0. The quantitative estimate of drug-likeness (QED) is 0.912. The van der Waals surface area contributed by atoms with Gasteiger partial charge in [0.25, 0.3) is 0 Å². The van der Waals surface area contributed by atoms with Crippen LogP contribution in [0.5, 0.6) is 5.75 Å². The van der Waals surface area contributed by atoms with Gasteiger partial charge in [0.2, 0.25) is 0 Å². The van der Waals surface area contributed by atoms with Crippen molar-refractivity contribution in [2.75, 3.05) is 19.7 Å². The van der Waals surface area contributed by atoms with Gasteiger partial charge in [0.1, 0.15) is 5.75 Å². The second-order valence-corrected chi connectivity index (χ2v) is 4.57. The first-order valence-electron chi connectivity index (χ1n) is 6.13. The van der Waals surface area contributed by atoms with E-state index >= 15 is 0 Å². The van der Waals surface area contributed by atoms with E-state index in [4.69, 9.17) is 16.3 Å². The molecule has 2 amide bonds. The minimum atomic E-state index is -0.0208. The lowest BCUT2D eigenvalue weighted by Crippen LogP contribution is -2.27. The van der Waals surface area contributed by atoms with Gasteiger partial charge in [-0.1, -0.05) is 17.7 Å². The SMILES string of the molecule is CCOc1ccc(C2CN(CC)C(=O)N2)cc1Cl. The maximum absolute atomic E-state index is 11.6. The van der Waals surface area contributed by atoms with Gasteiger partial charge in [0.15, 0.2) is 0 Å². The fourth-order valence-electron chi connectivity index (χ4n) is 2.06. The van der Waals surface area contributed by atoms with E-state index in [0.29, 0.717) is 30.5 Å². The van der Waals surface area contributed by atoms with Crippen LogP contribution in [0.1, 0.15) is 25.5 Å². The van der Waals surface area contributed by atoms with Gasteiger partial charge in [-0.3, -0.25) is 0 Å². The Bertz CT molecular complexity index is 451. The van der Waals surface area contributed by atoms with E-state index in [1.165, 1.54) is 0 Å². The molecule has 0 radical (unpaired) electrons. The van der Waals surface area contributed by atoms with Crippen LogP contribution >= 0.6 is 11.6 Å². The Balaban J connectivity index is 2.15. The summed E-state index contributed by atoms with van der Waals surface area (Å²) in [6, 6.07) is 5.64. The molecule has 1 saturated heterocycles. The normalized spacial score (nSPS) is 18.9. The molecule has 0 spiro atoms. The number of carbonyl (C=O) groups excluding carboxylic acids is 1. The van der Waals surface area contributed by atoms with Crippen LogP contribution in [0.2, 0.25) is 5.02 Å². The highest BCUT2D eigenvalue weighted by Gasteiger charge is 2.28. The summed E-state index contributed by atoms with van der Waals surface area (Å²) in [6.07, 6.45) is 0. The molecule has 0 aliphatic carbocycles. The predicted molar refractivity (Wildman–Crippen MR) is 71.1 cm³/mol. The summed E-state index contributed by atoms with van der Waals surface area (Å²) in [7, 11) is 0. The van der Waals surface area contributed by atoms with E-state index in [-0.39, 0.29) is 12.1 Å². The Morgan fingerprint density at radius 3 is 2.83 bits per heavy atom. The molecular weight excluding hydrogens is 252 g/mol. The largest absolute Gasteiger partial charge is 0.492 e. The van der Waals surface area contributed by atoms with Crippen molar-refractivity contribution in [1.82, 2.24) is 10.2 Å². The fourth-order valence-corrected chi connectivity index (χ4v) is 2.30. The molecule has 1 heterocycles. The number of rotatable bonds is 4. The van der Waals surface area contributed by atoms with Crippen molar-refractivity contribution in [1.29, 1.82) is 0 Å². The monoisotopic (exact) mass is 268 g/mol. The Morgan fingerprint density at radius 1 is 1.50 bits per heavy atom. The lowest BCUT2D eigenvalue weighted by Gasteiger charge is -2.13. The van der Waals surface area contributed by atoms with Crippen LogP contribution in [0.4, 0.5) is 4.79 Å². The van der Waals surface area contributed by atoms with Gasteiger partial charge >= 0.3 is 6.03 Å². The Morgan fingerprint density at radius 2 is 2.28 bits per heavy atom. The summed E-state index contributed by atoms with van der Waals surface area (Å²) in [4.78, 5) is 13.4. The van der Waals surface area contributed by atoms with Crippen LogP contribution in [0.3, 0.4) is 0 Å². The zero-order chi connectivity index (χ0) is 13.1. The Hall–Kier alpha value is -1.42. The summed E-state index contributed by atoms with van der Waals surface area (Å²) in [5, 5.41) is 3.52. The van der Waals surface area contributed by atoms with Crippen molar-refractivity contribution in [3.8, 4) is 5.75 Å². The predicted octanol–water partition coefficient (Wildman–Crippen LogP) is 2.82. The Labute approximate surface area is 112 Å². The third-order valence-corrected chi connectivity index (χ3v) is 3.32. The van der Waals surface area contributed by atoms with Crippen LogP contribution in [0.25, 0.3) is 0 Å². The minimum Gasteiger partial charge on any atom is -0.492 e. The van der Waals surface area contributed by atoms with Crippen molar-refractivity contribution in [3.63, 3.8) is 0 Å². The van der Waals surface area contributed by atoms with Gasteiger partial charge in [-0.15, -0.1) is 0 Å². The second-order valence-electron chi connectivity index (χ2n) is 4.16. The van der Waals surface area contributed by atoms with Crippen molar-refractivity contribution in [2.24, 2.45) is 0 Å². The lowest BCUT2D eigenvalue weighted by molar-refractivity contribution is 0.219. The molecule has 0 aromatic heterocycles. The highest BCUT2D eigenvalue weighted by atomic mass is 35.5. The molecule has 98 valence electrons. The smallest absolute Gasteiger partial charge is 0.318 e. The number of carbonyl (C=O) groups is 1. The van der Waals surface area contributed by atoms with E-state index in [2.05, 4.69) is 5.32 Å². The second kappa shape index (κ2) is 5.48. The molecular formula is C13H17ClN2O2. The molecule has 0 saturated carbocycles. The minimum absolute atomic E-state index is 0.00521. The highest BCUT2D eigenvalue weighted by molar-refractivity contribution is 6.32. The summed E-state index contributed by atoms with van der Waals surface area (Å²) in [5.74, 6) is 0.680. The van der Waals surface area contributed by atoms with Crippen molar-refractivity contribution < 1.29 is 9.53 Å². The first-order valence-corrected chi connectivity index (χ1v) is 6.51. The van der Waals surface area contributed by atoms with E-state index < -0.39 is 0 Å². The van der Waals surface area contributed by atoms with E-state index in [0.717, 1.165) is 5.56 Å². The molecule has 1 aliphatic heterocycles. The lowest BCUT2D eigenvalue weighted by atomic mass is 10.1. The number of hydrogen-bond acceptors (Lipinski definition) is 2. The van der Waals surface area contributed by atoms with Gasteiger partial charge in [0, 0.05) is 13.1 Å². The van der Waals surface area contributed by atoms with E-state index in [1.807, 2.05) is 32.0 Å². The number of urea groups is 1. The third kappa shape index (κ3) is 2.53. The molecule has 0 bridgehead atoms. The van der Waals surface area contributed by atoms with Gasteiger partial charge in [-0.2, -0.15) is 0 Å². The van der Waals surface area contributed by atoms with Gasteiger partial charge < -0.3 is 15.0 Å². The molecule has 1 unspecified atom stereocenters. The maximum atomic E-state index is 11.6. The molecule has 1 N–H and O–H groups in total. The van der Waals surface area contributed by atoms with Crippen molar-refractivity contribution in [2.45, 2.75) is 19.9 Å². The zero-order valence-corrected chi connectivity index (χ0v) is 11.3. The summed E-state index contributed by atoms with van der Waals surface area (Å²) < 4.78 is 5.39. The van der Waals surface area contributed by atoms with Crippen molar-refractivity contribution in [3.05, 3.63) is 28.8 Å². The number of benzene rings is 1.